The standard InChI is InChI=1S/C24H23F3N4O2/c1-14-7-18-19(20(8-14)24(25,26)27)11-31(21(18)32)17-6-4-5-15(9-17)23(10-16(23)12-33-3)22-29-28-13-30(22)2/h4-9,13,16H,10-12H2,1-3H3. The molecule has 6 nitrogen and oxygen atoms in total. The Hall–Kier alpha value is -3.20. The Morgan fingerprint density at radius 1 is 1.24 bits per heavy atom. The summed E-state index contributed by atoms with van der Waals surface area (Å²) in [5.74, 6) is 0.563. The molecule has 3 aromatic rings. The van der Waals surface area contributed by atoms with E-state index < -0.39 is 23.1 Å². The molecule has 1 aliphatic heterocycles. The summed E-state index contributed by atoms with van der Waals surface area (Å²) in [6, 6.07) is 10.1. The molecule has 9 heteroatoms. The predicted molar refractivity (Wildman–Crippen MR) is 115 cm³/mol. The molecular formula is C24H23F3N4O2. The molecule has 1 aromatic heterocycles. The number of carbonyl (C=O) groups excluding carboxylic acids is 1. The van der Waals surface area contributed by atoms with Gasteiger partial charge in [-0.1, -0.05) is 12.1 Å². The zero-order chi connectivity index (χ0) is 23.5. The molecule has 0 saturated heterocycles. The maximum atomic E-state index is 13.7. The van der Waals surface area contributed by atoms with Gasteiger partial charge in [0.2, 0.25) is 0 Å². The lowest BCUT2D eigenvalue weighted by molar-refractivity contribution is -0.138. The summed E-state index contributed by atoms with van der Waals surface area (Å²) < 4.78 is 48.3. The lowest BCUT2D eigenvalue weighted by atomic mass is 9.91. The summed E-state index contributed by atoms with van der Waals surface area (Å²) in [7, 11) is 3.53. The van der Waals surface area contributed by atoms with E-state index >= 15 is 0 Å². The Morgan fingerprint density at radius 2 is 2.03 bits per heavy atom. The van der Waals surface area contributed by atoms with Crippen LogP contribution in [-0.2, 0) is 29.9 Å². The largest absolute Gasteiger partial charge is 0.416 e. The van der Waals surface area contributed by atoms with Crippen LogP contribution in [-0.4, -0.2) is 34.4 Å². The topological polar surface area (TPSA) is 60.2 Å². The highest BCUT2D eigenvalue weighted by Gasteiger charge is 2.59. The molecule has 1 saturated carbocycles. The van der Waals surface area contributed by atoms with E-state index in [1.165, 1.54) is 11.0 Å². The Morgan fingerprint density at radius 3 is 2.70 bits per heavy atom. The van der Waals surface area contributed by atoms with Crippen molar-refractivity contribution in [3.8, 4) is 0 Å². The van der Waals surface area contributed by atoms with E-state index in [-0.39, 0.29) is 23.6 Å². The van der Waals surface area contributed by atoms with Crippen LogP contribution in [0.3, 0.4) is 0 Å². The number of hydrogen-bond donors (Lipinski definition) is 0. The summed E-state index contributed by atoms with van der Waals surface area (Å²) in [5, 5.41) is 8.36. The Balaban J connectivity index is 1.55. The molecular weight excluding hydrogens is 433 g/mol. The number of aromatic nitrogens is 3. The molecule has 5 rings (SSSR count). The summed E-state index contributed by atoms with van der Waals surface area (Å²) in [5.41, 5.74) is 0.877. The van der Waals surface area contributed by atoms with Crippen molar-refractivity contribution in [1.82, 2.24) is 14.8 Å². The average molecular weight is 456 g/mol. The van der Waals surface area contributed by atoms with Crippen molar-refractivity contribution in [2.24, 2.45) is 13.0 Å². The van der Waals surface area contributed by atoms with Crippen molar-refractivity contribution in [3.63, 3.8) is 0 Å². The van der Waals surface area contributed by atoms with Crippen LogP contribution >= 0.6 is 0 Å². The lowest BCUT2D eigenvalue weighted by Gasteiger charge is -2.21. The van der Waals surface area contributed by atoms with Crippen molar-refractivity contribution < 1.29 is 22.7 Å². The number of rotatable bonds is 5. The fourth-order valence-electron chi connectivity index (χ4n) is 5.14. The smallest absolute Gasteiger partial charge is 0.384 e. The Bertz CT molecular complexity index is 1250. The number of benzene rings is 2. The first-order valence-corrected chi connectivity index (χ1v) is 10.6. The molecule has 0 bridgehead atoms. The number of amides is 1. The normalized spacial score (nSPS) is 22.1. The van der Waals surface area contributed by atoms with Crippen molar-refractivity contribution in [1.29, 1.82) is 0 Å². The second-order valence-electron chi connectivity index (χ2n) is 8.87. The predicted octanol–water partition coefficient (Wildman–Crippen LogP) is 4.26. The number of alkyl halides is 3. The molecule has 1 fully saturated rings. The molecule has 0 spiro atoms. The maximum Gasteiger partial charge on any atom is 0.416 e. The zero-order valence-electron chi connectivity index (χ0n) is 18.5. The van der Waals surface area contributed by atoms with Gasteiger partial charge in [-0.3, -0.25) is 4.79 Å². The minimum Gasteiger partial charge on any atom is -0.384 e. The number of methoxy groups -OCH3 is 1. The van der Waals surface area contributed by atoms with Crippen LogP contribution in [0.2, 0.25) is 0 Å². The second-order valence-corrected chi connectivity index (χ2v) is 8.87. The monoisotopic (exact) mass is 456 g/mol. The van der Waals surface area contributed by atoms with Crippen molar-refractivity contribution in [2.45, 2.75) is 31.5 Å². The molecule has 2 aliphatic rings. The number of anilines is 1. The summed E-state index contributed by atoms with van der Waals surface area (Å²) in [6.45, 7) is 1.99. The third kappa shape index (κ3) is 3.33. The van der Waals surface area contributed by atoms with E-state index in [9.17, 15) is 18.0 Å². The Kier molecular flexibility index (Phi) is 4.86. The minimum atomic E-state index is -4.52. The number of ether oxygens (including phenoxy) is 1. The summed E-state index contributed by atoms with van der Waals surface area (Å²) >= 11 is 0. The van der Waals surface area contributed by atoms with Crippen LogP contribution in [0.15, 0.2) is 42.7 Å². The fourth-order valence-corrected chi connectivity index (χ4v) is 5.14. The summed E-state index contributed by atoms with van der Waals surface area (Å²) in [4.78, 5) is 14.6. The number of fused-ring (bicyclic) bond motifs is 1. The van der Waals surface area contributed by atoms with Gasteiger partial charge in [0.1, 0.15) is 12.2 Å². The van der Waals surface area contributed by atoms with E-state index in [0.29, 0.717) is 17.9 Å². The number of nitrogens with zero attached hydrogens (tertiary/aromatic N) is 4. The molecule has 0 N–H and O–H groups in total. The molecule has 172 valence electrons. The van der Waals surface area contributed by atoms with Gasteiger partial charge in [0.15, 0.2) is 0 Å². The third-order valence-electron chi connectivity index (χ3n) is 6.75. The number of halogens is 3. The van der Waals surface area contributed by atoms with E-state index in [4.69, 9.17) is 4.74 Å². The molecule has 2 unspecified atom stereocenters. The zero-order valence-corrected chi connectivity index (χ0v) is 18.5. The molecule has 2 heterocycles. The second kappa shape index (κ2) is 7.41. The van der Waals surface area contributed by atoms with E-state index in [0.717, 1.165) is 23.9 Å². The quantitative estimate of drug-likeness (QED) is 0.576. The first-order chi connectivity index (χ1) is 15.7. The van der Waals surface area contributed by atoms with Gasteiger partial charge in [-0.05, 0) is 54.3 Å². The molecule has 1 amide bonds. The highest BCUT2D eigenvalue weighted by molar-refractivity contribution is 6.10. The lowest BCUT2D eigenvalue weighted by Crippen LogP contribution is -2.24. The van der Waals surface area contributed by atoms with Gasteiger partial charge in [-0.2, -0.15) is 13.2 Å². The van der Waals surface area contributed by atoms with Crippen LogP contribution in [0, 0.1) is 12.8 Å². The van der Waals surface area contributed by atoms with E-state index in [1.54, 1.807) is 26.4 Å². The van der Waals surface area contributed by atoms with Crippen molar-refractivity contribution >= 4 is 11.6 Å². The van der Waals surface area contributed by atoms with E-state index in [1.807, 2.05) is 29.8 Å². The average Bonchev–Trinajstić information content (AvgIpc) is 3.15. The van der Waals surface area contributed by atoms with Gasteiger partial charge in [0.05, 0.1) is 24.1 Å². The van der Waals surface area contributed by atoms with Crippen molar-refractivity contribution in [2.75, 3.05) is 18.6 Å². The van der Waals surface area contributed by atoms with Gasteiger partial charge < -0.3 is 14.2 Å². The minimum absolute atomic E-state index is 0.0233. The number of hydrogen-bond acceptors (Lipinski definition) is 4. The summed E-state index contributed by atoms with van der Waals surface area (Å²) in [6.07, 6.45) is -2.07. The highest BCUT2D eigenvalue weighted by atomic mass is 19.4. The van der Waals surface area contributed by atoms with Crippen molar-refractivity contribution in [3.05, 3.63) is 76.4 Å². The number of aryl methyl sites for hydroxylation is 2. The molecule has 33 heavy (non-hydrogen) atoms. The van der Waals surface area contributed by atoms with Gasteiger partial charge in [-0.15, -0.1) is 10.2 Å². The fraction of sp³-hybridized carbons (Fsp3) is 0.375. The van der Waals surface area contributed by atoms with Crippen LogP contribution in [0.25, 0.3) is 0 Å². The van der Waals surface area contributed by atoms with Gasteiger partial charge in [-0.25, -0.2) is 0 Å². The number of carbonyl (C=O) groups is 1. The van der Waals surface area contributed by atoms with Crippen LogP contribution in [0.4, 0.5) is 18.9 Å². The van der Waals surface area contributed by atoms with Crippen LogP contribution in [0.5, 0.6) is 0 Å². The van der Waals surface area contributed by atoms with Gasteiger partial charge >= 0.3 is 6.18 Å². The Labute approximate surface area is 189 Å². The molecule has 2 atom stereocenters. The highest BCUT2D eigenvalue weighted by Crippen LogP contribution is 2.58. The molecule has 0 radical (unpaired) electrons. The van der Waals surface area contributed by atoms with Crippen LogP contribution < -0.4 is 4.90 Å². The SMILES string of the molecule is COCC1CC1(c1cccc(N2Cc3c(cc(C)cc3C(F)(F)F)C2=O)c1)c1nncn1C. The third-order valence-corrected chi connectivity index (χ3v) is 6.75. The first-order valence-electron chi connectivity index (χ1n) is 10.6. The first kappa shape index (κ1) is 21.6. The molecule has 2 aromatic carbocycles. The maximum absolute atomic E-state index is 13.7. The van der Waals surface area contributed by atoms with E-state index in [2.05, 4.69) is 10.2 Å². The van der Waals surface area contributed by atoms with Crippen LogP contribution in [0.1, 0.15) is 44.9 Å². The van der Waals surface area contributed by atoms with Gasteiger partial charge in [0, 0.05) is 31.3 Å². The van der Waals surface area contributed by atoms with Gasteiger partial charge in [0.25, 0.3) is 5.91 Å². The molecule has 1 aliphatic carbocycles.